The molecule has 0 aliphatic carbocycles. The van der Waals surface area contributed by atoms with E-state index in [4.69, 9.17) is 41.1 Å². The van der Waals surface area contributed by atoms with Crippen LogP contribution in [0.3, 0.4) is 0 Å². The molecule has 0 aliphatic rings. The van der Waals surface area contributed by atoms with E-state index in [2.05, 4.69) is 4.74 Å². The molecule has 0 amide bonds. The second kappa shape index (κ2) is 33.2. The predicted molar refractivity (Wildman–Crippen MR) is 314 cm³/mol. The van der Waals surface area contributed by atoms with Crippen molar-refractivity contribution in [2.24, 2.45) is 0 Å². The number of halogens is 15. The highest BCUT2D eigenvalue weighted by atomic mass is 19.4. The molecule has 0 bridgehead atoms. The lowest BCUT2D eigenvalue weighted by atomic mass is 9.85. The highest BCUT2D eigenvalue weighted by Crippen LogP contribution is 2.47. The summed E-state index contributed by atoms with van der Waals surface area (Å²) in [6.45, 7) is 26.1. The van der Waals surface area contributed by atoms with E-state index in [0.29, 0.717) is 11.1 Å². The second-order valence-corrected chi connectivity index (χ2v) is 23.8. The summed E-state index contributed by atoms with van der Waals surface area (Å²) in [6.07, 6.45) is -23.0. The van der Waals surface area contributed by atoms with Gasteiger partial charge in [0.1, 0.15) is 22.6 Å². The molecular formula is C59H81F15N4O13. The molecule has 0 atom stereocenters. The highest BCUT2D eigenvalue weighted by Gasteiger charge is 2.42. The Labute approximate surface area is 518 Å². The minimum atomic E-state index is -4.84. The number of nitrogen functional groups attached to an aromatic ring is 1. The van der Waals surface area contributed by atoms with Gasteiger partial charge in [-0.15, -0.1) is 10.1 Å². The van der Waals surface area contributed by atoms with Crippen LogP contribution in [-0.4, -0.2) is 60.4 Å². The van der Waals surface area contributed by atoms with Gasteiger partial charge in [0, 0.05) is 13.6 Å². The average molecular weight is 1340 g/mol. The summed E-state index contributed by atoms with van der Waals surface area (Å²) in [5, 5.41) is 70.9. The summed E-state index contributed by atoms with van der Waals surface area (Å²) >= 11 is 0. The molecule has 0 aromatic heterocycles. The first-order valence-electron chi connectivity index (χ1n) is 25.3. The summed E-state index contributed by atoms with van der Waals surface area (Å²) in [6, 6.07) is 14.3. The van der Waals surface area contributed by atoms with Crippen LogP contribution in [0.4, 0.5) is 82.9 Å². The second-order valence-electron chi connectivity index (χ2n) is 23.8. The molecule has 32 heteroatoms. The number of anilines is 1. The monoisotopic (exact) mass is 1340 g/mol. The number of methoxy groups -OCH3 is 2. The smallest absolute Gasteiger partial charge is 0.420 e. The third kappa shape index (κ3) is 30.9. The zero-order chi connectivity index (χ0) is 71.2. The van der Waals surface area contributed by atoms with Gasteiger partial charge in [-0.3, -0.25) is 20.2 Å². The molecule has 17 nitrogen and oxygen atoms in total. The molecule has 0 spiro atoms. The van der Waals surface area contributed by atoms with Gasteiger partial charge in [-0.1, -0.05) is 116 Å². The Hall–Kier alpha value is -8.19. The van der Waals surface area contributed by atoms with Crippen molar-refractivity contribution in [1.82, 2.24) is 0 Å². The summed E-state index contributed by atoms with van der Waals surface area (Å²) < 4.78 is 198. The van der Waals surface area contributed by atoms with Crippen LogP contribution in [0.25, 0.3) is 0 Å². The number of para-hydroxylation sites is 1. The number of alkyl halides is 15. The highest BCUT2D eigenvalue weighted by molar-refractivity contribution is 5.61. The number of rotatable bonds is 4. The van der Waals surface area contributed by atoms with E-state index in [9.17, 15) is 91.2 Å². The lowest BCUT2D eigenvalue weighted by Gasteiger charge is -2.23. The number of nitro groups is 2. The van der Waals surface area contributed by atoms with Crippen molar-refractivity contribution in [2.45, 2.75) is 177 Å². The molecule has 0 aliphatic heterocycles. The van der Waals surface area contributed by atoms with Gasteiger partial charge in [-0.25, -0.2) is 0 Å². The van der Waals surface area contributed by atoms with Gasteiger partial charge in [0.2, 0.25) is 11.5 Å². The molecule has 0 fully saturated rings. The summed E-state index contributed by atoms with van der Waals surface area (Å²) in [5.41, 5.74) is -2.49. The van der Waals surface area contributed by atoms with Crippen molar-refractivity contribution in [3.05, 3.63) is 159 Å². The van der Waals surface area contributed by atoms with Crippen molar-refractivity contribution >= 4 is 17.1 Å². The molecule has 91 heavy (non-hydrogen) atoms. The SMILES string of the molecule is C.C.CC(C)(C)O.CC(C)(C)c1cc([N+](=O)[O-])c(O)c(C(F)(F)F)c1.CC(C)(C)c1ccc(O)c(C(F)(F)F)c1.COc1c(N)cc(C(C)(C)C)cc1C(F)(F)F.COc1c([N+](=O)[O-])cc(C(C)(C)C)cc1C(F)(F)F.O=[N+]([O-])O.Oc1ccccc1C(F)(F)F.[HH]. The van der Waals surface area contributed by atoms with Gasteiger partial charge in [-0.2, -0.15) is 65.9 Å². The van der Waals surface area contributed by atoms with Gasteiger partial charge in [0.05, 0.1) is 52.0 Å². The van der Waals surface area contributed by atoms with Crippen LogP contribution in [-0.2, 0) is 52.5 Å². The minimum absolute atomic E-state index is 0. The predicted octanol–water partition coefficient (Wildman–Crippen LogP) is 19.2. The number of nitrogens with zero attached hydrogens (tertiary/aromatic N) is 3. The van der Waals surface area contributed by atoms with Crippen LogP contribution >= 0.6 is 0 Å². The summed E-state index contributed by atoms with van der Waals surface area (Å²) in [5.74, 6) is -3.88. The fourth-order valence-corrected chi connectivity index (χ4v) is 6.48. The van der Waals surface area contributed by atoms with Gasteiger partial charge in [-0.05, 0) is 113 Å². The molecule has 0 radical (unpaired) electrons. The fraction of sp³-hybridized carbons (Fsp3) is 0.492. The molecule has 0 heterocycles. The van der Waals surface area contributed by atoms with Crippen molar-refractivity contribution in [2.75, 3.05) is 20.0 Å². The van der Waals surface area contributed by atoms with Crippen LogP contribution in [0.5, 0.6) is 28.7 Å². The standard InChI is InChI=1S/C12H14F3NO3.C12H16F3NO.C11H12F3NO3.C11H13F3O.C7H5F3O.C4H10O.2CH4.HNO3.H2/c1-11(2,3)7-5-8(12(13,14)15)10(19-4)9(6-7)16(17)18;1-11(2,3)7-5-8(12(13,14)15)10(17-4)9(16)6-7;1-10(2,3)6-4-7(11(12,13)14)9(16)8(5-6)15(17)18;1-10(2,3)7-4-5-9(15)8(6-7)11(12,13)14;8-7(9,10)5-3-1-2-4-6(5)11;1-4(2,3)5;;;2-1(3)4;/h5-6H,1-4H3;5-6H,16H2,1-4H3;4-5,16H,1-3H3;4-6,15H,1-3H3;1-4,11H;5H,1-3H3;2*1H4;(H,2,3,4);1H. The van der Waals surface area contributed by atoms with Crippen molar-refractivity contribution < 1.29 is 117 Å². The maximum absolute atomic E-state index is 12.9. The van der Waals surface area contributed by atoms with E-state index < -0.39 is 130 Å². The Morgan fingerprint density at radius 3 is 0.978 bits per heavy atom. The number of nitrogens with two attached hydrogens (primary N) is 1. The van der Waals surface area contributed by atoms with Crippen molar-refractivity contribution in [1.29, 1.82) is 0 Å². The maximum atomic E-state index is 12.9. The zero-order valence-corrected chi connectivity index (χ0v) is 51.1. The van der Waals surface area contributed by atoms with E-state index >= 15 is 0 Å². The molecule has 7 N–H and O–H groups in total. The van der Waals surface area contributed by atoms with Gasteiger partial charge >= 0.3 is 42.3 Å². The van der Waals surface area contributed by atoms with Crippen LogP contribution in [0.15, 0.2) is 78.9 Å². The third-order valence-corrected chi connectivity index (χ3v) is 11.0. The van der Waals surface area contributed by atoms with Gasteiger partial charge in [0.15, 0.2) is 5.75 Å². The number of aliphatic hydroxyl groups is 1. The first-order valence-corrected chi connectivity index (χ1v) is 25.3. The Balaban J connectivity index is -0.000000331. The lowest BCUT2D eigenvalue weighted by Crippen LogP contribution is -2.16. The topological polar surface area (TPSA) is 275 Å². The Morgan fingerprint density at radius 1 is 0.418 bits per heavy atom. The molecule has 0 saturated carbocycles. The number of phenols is 3. The van der Waals surface area contributed by atoms with Crippen LogP contribution < -0.4 is 15.2 Å². The quantitative estimate of drug-likeness (QED) is 0.0423. The Morgan fingerprint density at radius 2 is 0.692 bits per heavy atom. The van der Waals surface area contributed by atoms with E-state index in [0.717, 1.165) is 61.7 Å². The average Bonchev–Trinajstić information content (AvgIpc) is 0.812. The molecule has 520 valence electrons. The number of benzene rings is 5. The minimum Gasteiger partial charge on any atom is -0.507 e. The number of nitro benzene ring substituents is 2. The van der Waals surface area contributed by atoms with Crippen LogP contribution in [0.1, 0.15) is 170 Å². The number of aromatic hydroxyl groups is 3. The van der Waals surface area contributed by atoms with E-state index in [1.54, 1.807) is 62.3 Å². The van der Waals surface area contributed by atoms with Crippen molar-refractivity contribution in [3.8, 4) is 28.7 Å². The molecule has 5 aromatic carbocycles. The van der Waals surface area contributed by atoms with Crippen LogP contribution in [0.2, 0.25) is 0 Å². The Kier molecular flexibility index (Phi) is 32.6. The van der Waals surface area contributed by atoms with E-state index in [1.807, 2.05) is 41.5 Å². The molecule has 0 unspecified atom stereocenters. The number of ether oxygens (including phenoxy) is 2. The first kappa shape index (κ1) is 89.2. The third-order valence-electron chi connectivity index (χ3n) is 11.0. The summed E-state index contributed by atoms with van der Waals surface area (Å²) in [7, 11) is 2.16. The van der Waals surface area contributed by atoms with Gasteiger partial charge in [0.25, 0.3) is 5.09 Å². The lowest BCUT2D eigenvalue weighted by molar-refractivity contribution is -0.742. The largest absolute Gasteiger partial charge is 0.507 e. The normalized spacial score (nSPS) is 11.9. The Bertz CT molecular complexity index is 3160. The van der Waals surface area contributed by atoms with E-state index in [-0.39, 0.29) is 44.3 Å². The molecule has 5 aromatic rings. The zero-order valence-electron chi connectivity index (χ0n) is 51.1. The number of hydrogen-bond donors (Lipinski definition) is 6. The summed E-state index contributed by atoms with van der Waals surface area (Å²) in [4.78, 5) is 28.0. The maximum Gasteiger partial charge on any atom is 0.420 e. The van der Waals surface area contributed by atoms with Crippen molar-refractivity contribution in [3.63, 3.8) is 0 Å². The fourth-order valence-electron chi connectivity index (χ4n) is 6.48. The molecule has 0 saturated heterocycles. The number of phenolic OH excluding ortho intramolecular Hbond substituents is 3. The number of hydrogen-bond acceptors (Lipinski definition) is 13. The molecular weight excluding hydrogens is 1260 g/mol. The van der Waals surface area contributed by atoms with Gasteiger partial charge < -0.3 is 40.8 Å². The first-order chi connectivity index (χ1) is 39.4. The molecule has 5 rings (SSSR count). The van der Waals surface area contributed by atoms with E-state index in [1.165, 1.54) is 31.4 Å². The van der Waals surface area contributed by atoms with Crippen LogP contribution in [0, 0.1) is 30.3 Å².